The average Bonchev–Trinajstić information content (AvgIpc) is 2.27. The predicted octanol–water partition coefficient (Wildman–Crippen LogP) is 2.97. The number of thioether (sulfide) groups is 1. The third-order valence-corrected chi connectivity index (χ3v) is 3.30. The second kappa shape index (κ2) is 7.05. The summed E-state index contributed by atoms with van der Waals surface area (Å²) < 4.78 is 5.29. The summed E-state index contributed by atoms with van der Waals surface area (Å²) in [7, 11) is 1.67. The smallest absolute Gasteiger partial charge is 0.122 e. The molecule has 1 aromatic carbocycles. The number of ether oxygens (including phenoxy) is 1. The minimum Gasteiger partial charge on any atom is -0.496 e. The Kier molecular flexibility index (Phi) is 6.03. The van der Waals surface area contributed by atoms with Gasteiger partial charge in [-0.05, 0) is 48.6 Å². The number of rotatable bonds is 6. The van der Waals surface area contributed by atoms with Crippen molar-refractivity contribution in [3.8, 4) is 5.75 Å². The van der Waals surface area contributed by atoms with Gasteiger partial charge in [-0.1, -0.05) is 11.6 Å². The highest BCUT2D eigenvalue weighted by Gasteiger charge is 2.09. The zero-order chi connectivity index (χ0) is 12.0. The molecular weight excluding hydrogens is 242 g/mol. The molecule has 0 saturated heterocycles. The number of benzene rings is 1. The molecule has 2 N–H and O–H groups in total. The molecule has 0 radical (unpaired) electrons. The van der Waals surface area contributed by atoms with Gasteiger partial charge in [-0.15, -0.1) is 0 Å². The highest BCUT2D eigenvalue weighted by molar-refractivity contribution is 7.98. The van der Waals surface area contributed by atoms with Crippen molar-refractivity contribution in [3.05, 3.63) is 28.8 Å². The molecular formula is C12H18ClNOS. The van der Waals surface area contributed by atoms with Crippen LogP contribution < -0.4 is 10.5 Å². The van der Waals surface area contributed by atoms with Gasteiger partial charge in [-0.2, -0.15) is 11.8 Å². The van der Waals surface area contributed by atoms with Crippen molar-refractivity contribution in [3.63, 3.8) is 0 Å². The number of hydrogen-bond donors (Lipinski definition) is 1. The van der Waals surface area contributed by atoms with E-state index in [-0.39, 0.29) is 6.04 Å². The van der Waals surface area contributed by atoms with Crippen molar-refractivity contribution in [2.24, 2.45) is 5.73 Å². The second-order valence-corrected chi connectivity index (χ2v) is 5.12. The molecule has 1 rings (SSSR count). The van der Waals surface area contributed by atoms with Gasteiger partial charge in [0.25, 0.3) is 0 Å². The molecule has 0 amide bonds. The van der Waals surface area contributed by atoms with E-state index in [2.05, 4.69) is 6.26 Å². The van der Waals surface area contributed by atoms with Crippen molar-refractivity contribution in [1.82, 2.24) is 0 Å². The van der Waals surface area contributed by atoms with Crippen molar-refractivity contribution in [1.29, 1.82) is 0 Å². The van der Waals surface area contributed by atoms with Crippen LogP contribution in [0.5, 0.6) is 5.75 Å². The monoisotopic (exact) mass is 259 g/mol. The standard InChI is InChI=1S/C12H18ClNOS/c1-15-12-4-3-10(13)7-9(12)8-11(14)5-6-16-2/h3-4,7,11H,5-6,8,14H2,1-2H3. The molecule has 1 unspecified atom stereocenters. The topological polar surface area (TPSA) is 35.2 Å². The summed E-state index contributed by atoms with van der Waals surface area (Å²) in [4.78, 5) is 0. The van der Waals surface area contributed by atoms with E-state index in [0.29, 0.717) is 0 Å². The van der Waals surface area contributed by atoms with Crippen LogP contribution in [0.4, 0.5) is 0 Å². The molecule has 0 heterocycles. The van der Waals surface area contributed by atoms with Gasteiger partial charge in [0.05, 0.1) is 7.11 Å². The van der Waals surface area contributed by atoms with E-state index >= 15 is 0 Å². The fraction of sp³-hybridized carbons (Fsp3) is 0.500. The Morgan fingerprint density at radius 3 is 2.88 bits per heavy atom. The summed E-state index contributed by atoms with van der Waals surface area (Å²) >= 11 is 7.78. The van der Waals surface area contributed by atoms with Crippen molar-refractivity contribution >= 4 is 23.4 Å². The summed E-state index contributed by atoms with van der Waals surface area (Å²) in [5, 5.41) is 0.730. The number of nitrogens with two attached hydrogens (primary N) is 1. The Hall–Kier alpha value is -0.380. The van der Waals surface area contributed by atoms with E-state index in [9.17, 15) is 0 Å². The summed E-state index contributed by atoms with van der Waals surface area (Å²) in [6.07, 6.45) is 3.91. The lowest BCUT2D eigenvalue weighted by molar-refractivity contribution is 0.407. The second-order valence-electron chi connectivity index (χ2n) is 3.70. The Balaban J connectivity index is 2.67. The van der Waals surface area contributed by atoms with Gasteiger partial charge in [-0.25, -0.2) is 0 Å². The normalized spacial score (nSPS) is 12.5. The molecule has 0 bridgehead atoms. The number of halogens is 1. The molecule has 0 aromatic heterocycles. The summed E-state index contributed by atoms with van der Waals surface area (Å²) in [5.41, 5.74) is 7.14. The Labute approximate surface area is 107 Å². The van der Waals surface area contributed by atoms with Crippen molar-refractivity contribution in [2.75, 3.05) is 19.1 Å². The van der Waals surface area contributed by atoms with Crippen LogP contribution in [0, 0.1) is 0 Å². The summed E-state index contributed by atoms with van der Waals surface area (Å²) in [6, 6.07) is 5.81. The lowest BCUT2D eigenvalue weighted by atomic mass is 10.0. The Morgan fingerprint density at radius 1 is 1.50 bits per heavy atom. The van der Waals surface area contributed by atoms with Crippen LogP contribution in [0.15, 0.2) is 18.2 Å². The van der Waals surface area contributed by atoms with Crippen molar-refractivity contribution < 1.29 is 4.74 Å². The highest BCUT2D eigenvalue weighted by Crippen LogP contribution is 2.24. The van der Waals surface area contributed by atoms with E-state index in [1.807, 2.05) is 30.0 Å². The highest BCUT2D eigenvalue weighted by atomic mass is 35.5. The van der Waals surface area contributed by atoms with Crippen molar-refractivity contribution in [2.45, 2.75) is 18.9 Å². The maximum absolute atomic E-state index is 6.05. The van der Waals surface area contributed by atoms with Gasteiger partial charge >= 0.3 is 0 Å². The van der Waals surface area contributed by atoms with E-state index in [4.69, 9.17) is 22.1 Å². The first-order valence-corrected chi connectivity index (χ1v) is 7.01. The SMILES string of the molecule is COc1ccc(Cl)cc1CC(N)CCSC. The van der Waals surface area contributed by atoms with Crippen LogP contribution in [-0.4, -0.2) is 25.2 Å². The lowest BCUT2D eigenvalue weighted by Gasteiger charge is -2.14. The number of hydrogen-bond acceptors (Lipinski definition) is 3. The fourth-order valence-electron chi connectivity index (χ4n) is 1.56. The van der Waals surface area contributed by atoms with Crippen LogP contribution in [0.1, 0.15) is 12.0 Å². The van der Waals surface area contributed by atoms with Crippen LogP contribution in [-0.2, 0) is 6.42 Å². The molecule has 0 spiro atoms. The van der Waals surface area contributed by atoms with Gasteiger partial charge in [0, 0.05) is 11.1 Å². The number of methoxy groups -OCH3 is 1. The molecule has 16 heavy (non-hydrogen) atoms. The largest absolute Gasteiger partial charge is 0.496 e. The molecule has 0 saturated carbocycles. The third-order valence-electron chi connectivity index (χ3n) is 2.42. The third kappa shape index (κ3) is 4.24. The average molecular weight is 260 g/mol. The van der Waals surface area contributed by atoms with E-state index < -0.39 is 0 Å². The van der Waals surface area contributed by atoms with Gasteiger partial charge in [-0.3, -0.25) is 0 Å². The zero-order valence-corrected chi connectivity index (χ0v) is 11.3. The van der Waals surface area contributed by atoms with Crippen LogP contribution in [0.25, 0.3) is 0 Å². The van der Waals surface area contributed by atoms with Crippen LogP contribution in [0.2, 0.25) is 5.02 Å². The van der Waals surface area contributed by atoms with Gasteiger partial charge in [0.1, 0.15) is 5.75 Å². The van der Waals surface area contributed by atoms with Crippen LogP contribution >= 0.6 is 23.4 Å². The summed E-state index contributed by atoms with van der Waals surface area (Å²) in [6.45, 7) is 0. The first-order valence-electron chi connectivity index (χ1n) is 5.24. The maximum atomic E-state index is 6.05. The minimum absolute atomic E-state index is 0.166. The molecule has 90 valence electrons. The summed E-state index contributed by atoms with van der Waals surface area (Å²) in [5.74, 6) is 1.95. The molecule has 0 aliphatic heterocycles. The molecule has 0 aliphatic carbocycles. The lowest BCUT2D eigenvalue weighted by Crippen LogP contribution is -2.23. The first kappa shape index (κ1) is 13.7. The minimum atomic E-state index is 0.166. The molecule has 0 aliphatic rings. The van der Waals surface area contributed by atoms with Gasteiger partial charge in [0.15, 0.2) is 0 Å². The molecule has 2 nitrogen and oxygen atoms in total. The van der Waals surface area contributed by atoms with Crippen LogP contribution in [0.3, 0.4) is 0 Å². The maximum Gasteiger partial charge on any atom is 0.122 e. The van der Waals surface area contributed by atoms with Gasteiger partial charge in [0.2, 0.25) is 0 Å². The van der Waals surface area contributed by atoms with E-state index in [1.54, 1.807) is 7.11 Å². The molecule has 1 aromatic rings. The Morgan fingerprint density at radius 2 is 2.25 bits per heavy atom. The Bertz CT molecular complexity index is 333. The quantitative estimate of drug-likeness (QED) is 0.853. The zero-order valence-electron chi connectivity index (χ0n) is 9.70. The van der Waals surface area contributed by atoms with E-state index in [1.165, 1.54) is 0 Å². The molecule has 1 atom stereocenters. The molecule has 4 heteroatoms. The first-order chi connectivity index (χ1) is 7.67. The predicted molar refractivity (Wildman–Crippen MR) is 72.7 cm³/mol. The molecule has 0 fully saturated rings. The van der Waals surface area contributed by atoms with E-state index in [0.717, 1.165) is 34.9 Å². The fourth-order valence-corrected chi connectivity index (χ4v) is 2.29. The van der Waals surface area contributed by atoms with Gasteiger partial charge < -0.3 is 10.5 Å².